The number of likely N-dealkylation sites (tertiary alicyclic amines) is 1. The van der Waals surface area contributed by atoms with E-state index in [4.69, 9.17) is 9.47 Å². The average Bonchev–Trinajstić information content (AvgIpc) is 3.12. The highest BCUT2D eigenvalue weighted by Gasteiger charge is 2.17. The number of nitrogens with zero attached hydrogens (tertiary/aromatic N) is 3. The lowest BCUT2D eigenvalue weighted by Crippen LogP contribution is -2.32. The predicted octanol–water partition coefficient (Wildman–Crippen LogP) is 8.36. The Kier molecular flexibility index (Phi) is 13.3. The van der Waals surface area contributed by atoms with Gasteiger partial charge < -0.3 is 25.0 Å². The number of halogens is 1. The van der Waals surface area contributed by atoms with Gasteiger partial charge in [-0.3, -0.25) is 10.1 Å². The molecule has 5 rings (SSSR count). The molecule has 1 aliphatic heterocycles. The van der Waals surface area contributed by atoms with Crippen LogP contribution in [-0.2, 0) is 11.2 Å². The molecule has 0 aliphatic carbocycles. The van der Waals surface area contributed by atoms with Gasteiger partial charge in [0.05, 0.1) is 6.61 Å². The van der Waals surface area contributed by atoms with Crippen LogP contribution in [0.5, 0.6) is 11.5 Å². The minimum Gasteiger partial charge on any atom is -0.490 e. The second-order valence-electron chi connectivity index (χ2n) is 13.1. The fraction of sp³-hybridized carbons (Fsp3) is 0.400. The molecule has 270 valence electrons. The van der Waals surface area contributed by atoms with Crippen molar-refractivity contribution in [2.24, 2.45) is 0 Å². The van der Waals surface area contributed by atoms with Crippen LogP contribution in [0.25, 0.3) is 11.1 Å². The first-order chi connectivity index (χ1) is 24.7. The highest BCUT2D eigenvalue weighted by atomic mass is 19.1. The van der Waals surface area contributed by atoms with Gasteiger partial charge in [0.25, 0.3) is 0 Å². The number of amides is 2. The van der Waals surface area contributed by atoms with E-state index < -0.39 is 11.9 Å². The molecule has 1 aliphatic rings. The lowest BCUT2D eigenvalue weighted by atomic mass is 9.95. The Morgan fingerprint density at radius 1 is 0.980 bits per heavy atom. The third kappa shape index (κ3) is 11.0. The molecule has 0 bridgehead atoms. The lowest BCUT2D eigenvalue weighted by molar-refractivity contribution is -0.121. The molecular weight excluding hydrogens is 647 g/mol. The zero-order chi connectivity index (χ0) is 36.2. The monoisotopic (exact) mass is 696 g/mol. The Morgan fingerprint density at radius 2 is 1.80 bits per heavy atom. The number of anilines is 3. The topological polar surface area (TPSA) is 118 Å². The molecule has 0 saturated carbocycles. The normalized spacial score (nSPS) is 13.7. The van der Waals surface area contributed by atoms with Crippen molar-refractivity contribution >= 4 is 29.5 Å². The van der Waals surface area contributed by atoms with Crippen LogP contribution in [-0.4, -0.2) is 59.2 Å². The number of nitrogens with one attached hydrogen (secondary N) is 3. The Balaban J connectivity index is 1.22. The van der Waals surface area contributed by atoms with Crippen LogP contribution >= 0.6 is 0 Å². The van der Waals surface area contributed by atoms with Crippen LogP contribution < -0.4 is 25.4 Å². The van der Waals surface area contributed by atoms with Crippen molar-refractivity contribution in [2.75, 3.05) is 36.9 Å². The quantitative estimate of drug-likeness (QED) is 0.106. The molecule has 2 heterocycles. The summed E-state index contributed by atoms with van der Waals surface area (Å²) in [6.45, 7) is 11.7. The molecule has 1 saturated heterocycles. The van der Waals surface area contributed by atoms with Gasteiger partial charge >= 0.3 is 6.09 Å². The van der Waals surface area contributed by atoms with Crippen molar-refractivity contribution in [2.45, 2.75) is 78.7 Å². The van der Waals surface area contributed by atoms with E-state index in [0.29, 0.717) is 30.9 Å². The minimum absolute atomic E-state index is 0.0260. The number of rotatable bonds is 15. The highest BCUT2D eigenvalue weighted by Crippen LogP contribution is 2.35. The number of carbonyl (C=O) groups excluding carboxylic acids is 2. The van der Waals surface area contributed by atoms with E-state index in [0.717, 1.165) is 60.3 Å². The van der Waals surface area contributed by atoms with E-state index >= 15 is 0 Å². The summed E-state index contributed by atoms with van der Waals surface area (Å²) >= 11 is 0. The van der Waals surface area contributed by atoms with Crippen molar-refractivity contribution in [1.29, 1.82) is 0 Å². The van der Waals surface area contributed by atoms with Crippen molar-refractivity contribution in [1.82, 2.24) is 20.2 Å². The van der Waals surface area contributed by atoms with Gasteiger partial charge in [0.2, 0.25) is 11.9 Å². The number of aromatic nitrogens is 2. The van der Waals surface area contributed by atoms with Gasteiger partial charge in [-0.2, -0.15) is 4.98 Å². The maximum absolute atomic E-state index is 14.9. The average molecular weight is 697 g/mol. The maximum Gasteiger partial charge on any atom is 0.418 e. The van der Waals surface area contributed by atoms with E-state index in [2.05, 4.69) is 30.8 Å². The van der Waals surface area contributed by atoms with Gasteiger partial charge in [0, 0.05) is 42.5 Å². The first-order valence-corrected chi connectivity index (χ1v) is 17.9. The van der Waals surface area contributed by atoms with Crippen LogP contribution in [0.3, 0.4) is 0 Å². The van der Waals surface area contributed by atoms with Crippen LogP contribution in [0.4, 0.5) is 26.6 Å². The summed E-state index contributed by atoms with van der Waals surface area (Å²) in [4.78, 5) is 36.7. The van der Waals surface area contributed by atoms with E-state index in [9.17, 15) is 14.0 Å². The van der Waals surface area contributed by atoms with E-state index in [1.165, 1.54) is 37.6 Å². The fourth-order valence-electron chi connectivity index (χ4n) is 5.98. The Bertz CT molecular complexity index is 1790. The van der Waals surface area contributed by atoms with E-state index in [1.54, 1.807) is 18.2 Å². The number of hydrogen-bond acceptors (Lipinski definition) is 8. The van der Waals surface area contributed by atoms with E-state index in [-0.39, 0.29) is 29.5 Å². The molecule has 3 aromatic carbocycles. The Morgan fingerprint density at radius 3 is 2.59 bits per heavy atom. The predicted molar refractivity (Wildman–Crippen MR) is 199 cm³/mol. The van der Waals surface area contributed by atoms with Crippen LogP contribution in [0, 0.1) is 19.7 Å². The van der Waals surface area contributed by atoms with Gasteiger partial charge in [0.1, 0.15) is 11.6 Å². The molecule has 1 unspecified atom stereocenters. The summed E-state index contributed by atoms with van der Waals surface area (Å²) in [6.07, 6.45) is 7.00. The van der Waals surface area contributed by atoms with Crippen LogP contribution in [0.15, 0.2) is 66.9 Å². The van der Waals surface area contributed by atoms with Gasteiger partial charge in [-0.25, -0.2) is 14.2 Å². The molecule has 0 spiro atoms. The van der Waals surface area contributed by atoms with Gasteiger partial charge in [-0.15, -0.1) is 0 Å². The zero-order valence-electron chi connectivity index (χ0n) is 30.1. The third-order valence-corrected chi connectivity index (χ3v) is 9.20. The maximum atomic E-state index is 14.9. The number of carbonyl (C=O) groups is 2. The number of piperidine rings is 1. The first kappa shape index (κ1) is 37.2. The SMILES string of the molecule is CCC(C)NC(=O)CCc1ccc(-c2cccc(C)c2C)c(OC(=O)Nc2ccnc(Nc3ccc(OCCCN4CCCCC4)c(F)c3)n2)c1. The first-order valence-electron chi connectivity index (χ1n) is 17.9. The standard InChI is InChI=1S/C40H49FN6O4/c1-5-28(3)43-38(48)18-14-30-13-16-33(32-12-9-11-27(2)29(32)4)36(25-30)51-40(49)46-37-19-20-42-39(45-37)44-31-15-17-35(34(41)26-31)50-24-10-23-47-21-7-6-8-22-47/h9,11-13,15-17,19-20,25-26,28H,5-8,10,14,18,21-24H2,1-4H3,(H,43,48)(H2,42,44,45,46,49). The number of benzene rings is 3. The van der Waals surface area contributed by atoms with Crippen molar-refractivity contribution in [3.63, 3.8) is 0 Å². The Labute approximate surface area is 300 Å². The number of aryl methyl sites for hydroxylation is 2. The van der Waals surface area contributed by atoms with Crippen LogP contribution in [0.1, 0.15) is 69.1 Å². The molecule has 4 aromatic rings. The van der Waals surface area contributed by atoms with Crippen LogP contribution in [0.2, 0.25) is 0 Å². The highest BCUT2D eigenvalue weighted by molar-refractivity contribution is 5.87. The van der Waals surface area contributed by atoms with Crippen molar-refractivity contribution in [3.05, 3.63) is 89.4 Å². The number of ether oxygens (including phenoxy) is 2. The second kappa shape index (κ2) is 18.3. The molecule has 0 radical (unpaired) electrons. The van der Waals surface area contributed by atoms with Gasteiger partial charge in [0.15, 0.2) is 11.6 Å². The van der Waals surface area contributed by atoms with Crippen molar-refractivity contribution < 1.29 is 23.5 Å². The molecule has 1 atom stereocenters. The van der Waals surface area contributed by atoms with Gasteiger partial charge in [-0.1, -0.05) is 43.7 Å². The Hall–Kier alpha value is -5.03. The molecule has 10 nitrogen and oxygen atoms in total. The molecule has 2 amide bonds. The fourth-order valence-corrected chi connectivity index (χ4v) is 5.98. The summed E-state index contributed by atoms with van der Waals surface area (Å²) in [5, 5.41) is 8.65. The second-order valence-corrected chi connectivity index (χ2v) is 13.1. The molecule has 1 aromatic heterocycles. The molecule has 51 heavy (non-hydrogen) atoms. The number of hydrogen-bond donors (Lipinski definition) is 3. The summed E-state index contributed by atoms with van der Waals surface area (Å²) in [7, 11) is 0. The third-order valence-electron chi connectivity index (χ3n) is 9.20. The summed E-state index contributed by atoms with van der Waals surface area (Å²) < 4.78 is 26.5. The zero-order valence-corrected chi connectivity index (χ0v) is 30.1. The molecule has 11 heteroatoms. The largest absolute Gasteiger partial charge is 0.490 e. The summed E-state index contributed by atoms with van der Waals surface area (Å²) in [5.74, 6) is 0.388. The molecular formula is C40H49FN6O4. The van der Waals surface area contributed by atoms with E-state index in [1.807, 2.05) is 58.0 Å². The lowest BCUT2D eigenvalue weighted by Gasteiger charge is -2.26. The summed E-state index contributed by atoms with van der Waals surface area (Å²) in [6, 6.07) is 17.9. The van der Waals surface area contributed by atoms with Gasteiger partial charge in [-0.05, 0) is 112 Å². The smallest absolute Gasteiger partial charge is 0.418 e. The summed E-state index contributed by atoms with van der Waals surface area (Å²) in [5.41, 5.74) is 5.16. The molecule has 1 fully saturated rings. The molecule has 3 N–H and O–H groups in total. The minimum atomic E-state index is -0.745. The van der Waals surface area contributed by atoms with Crippen molar-refractivity contribution in [3.8, 4) is 22.6 Å².